The molecule has 0 aliphatic carbocycles. The quantitative estimate of drug-likeness (QED) is 0.312. The van der Waals surface area contributed by atoms with E-state index < -0.39 is 8.07 Å². The van der Waals surface area contributed by atoms with E-state index in [4.69, 9.17) is 4.74 Å². The van der Waals surface area contributed by atoms with Crippen molar-refractivity contribution in [1.29, 1.82) is 0 Å². The molecule has 0 bridgehead atoms. The Bertz CT molecular complexity index is 871. The van der Waals surface area contributed by atoms with Gasteiger partial charge < -0.3 is 15.0 Å². The van der Waals surface area contributed by atoms with Gasteiger partial charge in [0.05, 0.1) is 14.8 Å². The summed E-state index contributed by atoms with van der Waals surface area (Å²) in [5.41, 5.74) is 4.21. The Morgan fingerprint density at radius 3 is 2.63 bits per heavy atom. The average Bonchev–Trinajstić information content (AvgIpc) is 3.03. The Hall–Kier alpha value is -1.22. The van der Waals surface area contributed by atoms with E-state index >= 15 is 0 Å². The third kappa shape index (κ3) is 6.39. The van der Waals surface area contributed by atoms with Crippen molar-refractivity contribution in [2.24, 2.45) is 4.99 Å². The standard InChI is InChI=1S/C22H28Br2FN3OSi/c1-30(2,3)13-12-29-15-28-20(14-19(23)24)27-21(16-8-10-26-11-9-16)22(28)17-4-6-18(25)7-5-17/h4-8,10,14,20,27H,9,11-13,15H2,1-3H3. The third-order valence-corrected chi connectivity index (χ3v) is 7.23. The smallest absolute Gasteiger partial charge is 0.123 e. The SMILES string of the molecule is C[Si](C)(C)CCOCN1C(c2ccc(F)cc2)=C(C2=CC=NCC2)NC1C=C(Br)Br. The number of hydrogen-bond donors (Lipinski definition) is 1. The molecule has 0 aromatic heterocycles. The van der Waals surface area contributed by atoms with Crippen LogP contribution >= 0.6 is 31.9 Å². The number of benzene rings is 1. The van der Waals surface area contributed by atoms with Crippen molar-refractivity contribution >= 4 is 51.8 Å². The number of hydrogen-bond acceptors (Lipinski definition) is 4. The number of dihydropyridines is 1. The number of allylic oxidation sites excluding steroid dienone is 2. The van der Waals surface area contributed by atoms with E-state index in [0.29, 0.717) is 6.73 Å². The highest BCUT2D eigenvalue weighted by Gasteiger charge is 2.33. The minimum Gasteiger partial charge on any atom is -0.361 e. The van der Waals surface area contributed by atoms with Gasteiger partial charge in [0, 0.05) is 33.0 Å². The zero-order valence-corrected chi connectivity index (χ0v) is 21.8. The second kappa shape index (κ2) is 10.4. The van der Waals surface area contributed by atoms with Crippen LogP contribution in [-0.4, -0.2) is 45.2 Å². The number of halogens is 3. The molecule has 0 radical (unpaired) electrons. The van der Waals surface area contributed by atoms with Crippen LogP contribution in [0.2, 0.25) is 25.7 Å². The van der Waals surface area contributed by atoms with Gasteiger partial charge in [-0.3, -0.25) is 4.99 Å². The summed E-state index contributed by atoms with van der Waals surface area (Å²) < 4.78 is 20.6. The molecule has 0 saturated heterocycles. The van der Waals surface area contributed by atoms with E-state index in [0.717, 1.165) is 46.0 Å². The van der Waals surface area contributed by atoms with Gasteiger partial charge in [-0.1, -0.05) is 19.6 Å². The van der Waals surface area contributed by atoms with E-state index in [1.54, 1.807) is 0 Å². The van der Waals surface area contributed by atoms with E-state index in [1.807, 2.05) is 18.3 Å². The summed E-state index contributed by atoms with van der Waals surface area (Å²) >= 11 is 6.99. The minimum atomic E-state index is -1.17. The largest absolute Gasteiger partial charge is 0.361 e. The molecule has 1 atom stereocenters. The lowest BCUT2D eigenvalue weighted by Crippen LogP contribution is -2.37. The van der Waals surface area contributed by atoms with Gasteiger partial charge in [-0.15, -0.1) is 0 Å². The maximum absolute atomic E-state index is 13.6. The highest BCUT2D eigenvalue weighted by molar-refractivity contribution is 9.28. The fourth-order valence-electron chi connectivity index (χ4n) is 3.37. The second-order valence-corrected chi connectivity index (χ2v) is 17.0. The summed E-state index contributed by atoms with van der Waals surface area (Å²) in [7, 11) is -1.17. The molecule has 4 nitrogen and oxygen atoms in total. The van der Waals surface area contributed by atoms with Crippen LogP contribution in [0.15, 0.2) is 56.1 Å². The number of aliphatic imine (C=N–C) groups is 1. The summed E-state index contributed by atoms with van der Waals surface area (Å²) in [6, 6.07) is 7.78. The molecular formula is C22H28Br2FN3OSi. The average molecular weight is 557 g/mol. The summed E-state index contributed by atoms with van der Waals surface area (Å²) in [5.74, 6) is -0.242. The molecule has 162 valence electrons. The molecule has 1 aromatic rings. The third-order valence-electron chi connectivity index (χ3n) is 4.99. The van der Waals surface area contributed by atoms with Crippen LogP contribution in [0.5, 0.6) is 0 Å². The van der Waals surface area contributed by atoms with Crippen LogP contribution in [0.4, 0.5) is 4.39 Å². The zero-order valence-electron chi connectivity index (χ0n) is 17.6. The predicted octanol–water partition coefficient (Wildman–Crippen LogP) is 6.07. The van der Waals surface area contributed by atoms with Crippen molar-refractivity contribution in [3.8, 4) is 0 Å². The minimum absolute atomic E-state index is 0.0968. The van der Waals surface area contributed by atoms with Gasteiger partial charge in [-0.05, 0) is 86.3 Å². The van der Waals surface area contributed by atoms with Gasteiger partial charge in [-0.2, -0.15) is 0 Å². The number of nitrogens with one attached hydrogen (secondary N) is 1. The maximum Gasteiger partial charge on any atom is 0.123 e. The molecule has 1 aromatic carbocycles. The molecule has 30 heavy (non-hydrogen) atoms. The Balaban J connectivity index is 1.96. The van der Waals surface area contributed by atoms with Gasteiger partial charge in [0.1, 0.15) is 18.7 Å². The summed E-state index contributed by atoms with van der Waals surface area (Å²) in [5, 5.41) is 3.64. The summed E-state index contributed by atoms with van der Waals surface area (Å²) in [6.07, 6.45) is 6.72. The first kappa shape index (κ1) is 23.4. The first-order valence-corrected chi connectivity index (χ1v) is 15.4. The first-order chi connectivity index (χ1) is 14.2. The van der Waals surface area contributed by atoms with E-state index in [-0.39, 0.29) is 12.0 Å². The number of nitrogens with zero attached hydrogens (tertiary/aromatic N) is 2. The molecule has 2 aliphatic rings. The molecule has 0 saturated carbocycles. The summed E-state index contributed by atoms with van der Waals surface area (Å²) in [6.45, 7) is 8.99. The van der Waals surface area contributed by atoms with Crippen LogP contribution in [0.3, 0.4) is 0 Å². The molecule has 2 aliphatic heterocycles. The Morgan fingerprint density at radius 1 is 1.30 bits per heavy atom. The van der Waals surface area contributed by atoms with Gasteiger partial charge in [0.15, 0.2) is 0 Å². The lowest BCUT2D eigenvalue weighted by molar-refractivity contribution is 0.0577. The van der Waals surface area contributed by atoms with Crippen molar-refractivity contribution in [2.45, 2.75) is 38.3 Å². The van der Waals surface area contributed by atoms with Crippen molar-refractivity contribution in [1.82, 2.24) is 10.2 Å². The fourth-order valence-corrected chi connectivity index (χ4v) is 4.63. The Labute approximate surface area is 196 Å². The molecule has 1 unspecified atom stereocenters. The molecule has 8 heteroatoms. The Morgan fingerprint density at radius 2 is 2.03 bits per heavy atom. The van der Waals surface area contributed by atoms with Crippen molar-refractivity contribution in [3.05, 3.63) is 62.5 Å². The van der Waals surface area contributed by atoms with E-state index in [9.17, 15) is 4.39 Å². The fraction of sp³-hybridized carbons (Fsp3) is 0.409. The Kier molecular flexibility index (Phi) is 8.12. The molecule has 1 N–H and O–H groups in total. The van der Waals surface area contributed by atoms with Crippen molar-refractivity contribution in [3.63, 3.8) is 0 Å². The van der Waals surface area contributed by atoms with Gasteiger partial charge in [-0.25, -0.2) is 4.39 Å². The van der Waals surface area contributed by atoms with Crippen molar-refractivity contribution < 1.29 is 9.13 Å². The van der Waals surface area contributed by atoms with Gasteiger partial charge in [0.25, 0.3) is 0 Å². The highest BCUT2D eigenvalue weighted by atomic mass is 79.9. The van der Waals surface area contributed by atoms with E-state index in [2.05, 4.69) is 78.9 Å². The van der Waals surface area contributed by atoms with Crippen LogP contribution in [0.1, 0.15) is 12.0 Å². The van der Waals surface area contributed by atoms with Crippen LogP contribution in [0.25, 0.3) is 5.70 Å². The normalized spacial score (nSPS) is 19.1. The first-order valence-electron chi connectivity index (χ1n) is 10.1. The topological polar surface area (TPSA) is 36.9 Å². The molecular weight excluding hydrogens is 529 g/mol. The van der Waals surface area contributed by atoms with E-state index in [1.165, 1.54) is 17.7 Å². The van der Waals surface area contributed by atoms with Crippen LogP contribution < -0.4 is 5.32 Å². The number of ether oxygens (including phenoxy) is 1. The molecule has 3 rings (SSSR count). The summed E-state index contributed by atoms with van der Waals surface area (Å²) in [4.78, 5) is 6.51. The maximum atomic E-state index is 13.6. The second-order valence-electron chi connectivity index (χ2n) is 8.59. The molecule has 0 spiro atoms. The van der Waals surface area contributed by atoms with Gasteiger partial charge in [0.2, 0.25) is 0 Å². The van der Waals surface area contributed by atoms with Gasteiger partial charge >= 0.3 is 0 Å². The predicted molar refractivity (Wildman–Crippen MR) is 133 cm³/mol. The lowest BCUT2D eigenvalue weighted by atomic mass is 10.0. The highest BCUT2D eigenvalue weighted by Crippen LogP contribution is 2.36. The molecule has 0 amide bonds. The lowest BCUT2D eigenvalue weighted by Gasteiger charge is -2.28. The van der Waals surface area contributed by atoms with Crippen molar-refractivity contribution in [2.75, 3.05) is 19.9 Å². The number of rotatable bonds is 8. The molecule has 0 fully saturated rings. The molecule has 2 heterocycles. The van der Waals surface area contributed by atoms with Crippen LogP contribution in [-0.2, 0) is 4.74 Å². The zero-order chi connectivity index (χ0) is 21.7. The monoisotopic (exact) mass is 555 g/mol. The van der Waals surface area contributed by atoms with Crippen LogP contribution in [0, 0.1) is 5.82 Å².